The van der Waals surface area contributed by atoms with Gasteiger partial charge in [0.2, 0.25) is 0 Å². The number of unbranched alkanes of at least 4 members (excludes halogenated alkanes) is 1. The van der Waals surface area contributed by atoms with Crippen LogP contribution in [0.25, 0.3) is 0 Å². The molecule has 0 spiro atoms. The molecule has 2 aliphatic rings. The molecule has 0 bridgehead atoms. The number of aliphatic carboxylic acids is 1. The zero-order chi connectivity index (χ0) is 18.0. The topological polar surface area (TPSA) is 75.6 Å². The molecule has 0 unspecified atom stereocenters. The van der Waals surface area contributed by atoms with E-state index in [9.17, 15) is 14.7 Å². The van der Waals surface area contributed by atoms with Gasteiger partial charge in [0.05, 0.1) is 6.42 Å². The number of amides is 1. The van der Waals surface area contributed by atoms with E-state index >= 15 is 0 Å². The minimum atomic E-state index is -0.796. The molecule has 0 saturated heterocycles. The summed E-state index contributed by atoms with van der Waals surface area (Å²) in [6, 6.07) is 0. The summed E-state index contributed by atoms with van der Waals surface area (Å²) in [5, 5.41) is 12.1. The number of carbonyl (C=O) groups is 2. The largest absolute Gasteiger partial charge is 0.481 e. The zero-order valence-corrected chi connectivity index (χ0v) is 15.4. The van der Waals surface area contributed by atoms with Gasteiger partial charge < -0.3 is 15.2 Å². The van der Waals surface area contributed by atoms with Gasteiger partial charge in [-0.05, 0) is 58.3 Å². The molecule has 0 aromatic carbocycles. The van der Waals surface area contributed by atoms with Crippen LogP contribution in [0.3, 0.4) is 0 Å². The minimum absolute atomic E-state index is 0.0987. The average Bonchev–Trinajstić information content (AvgIpc) is 2.77. The van der Waals surface area contributed by atoms with Crippen LogP contribution in [0.4, 0.5) is 4.79 Å². The molecule has 2 N–H and O–H groups in total. The molecule has 24 heavy (non-hydrogen) atoms. The number of fused-ring (bicyclic) bond motifs is 1. The van der Waals surface area contributed by atoms with Crippen LogP contribution < -0.4 is 5.32 Å². The smallest absolute Gasteiger partial charge is 0.407 e. The predicted molar refractivity (Wildman–Crippen MR) is 92.7 cm³/mol. The average molecular weight is 337 g/mol. The third-order valence-corrected chi connectivity index (χ3v) is 5.16. The van der Waals surface area contributed by atoms with E-state index in [4.69, 9.17) is 4.74 Å². The van der Waals surface area contributed by atoms with Gasteiger partial charge in [-0.15, -0.1) is 0 Å². The van der Waals surface area contributed by atoms with Crippen LogP contribution in [-0.2, 0) is 9.53 Å². The first-order valence-corrected chi connectivity index (χ1v) is 9.03. The van der Waals surface area contributed by atoms with E-state index in [1.165, 1.54) is 18.4 Å². The number of hydrogen-bond acceptors (Lipinski definition) is 3. The summed E-state index contributed by atoms with van der Waals surface area (Å²) >= 11 is 0. The monoisotopic (exact) mass is 337 g/mol. The van der Waals surface area contributed by atoms with E-state index in [-0.39, 0.29) is 17.8 Å². The Bertz CT molecular complexity index is 520. The van der Waals surface area contributed by atoms with Gasteiger partial charge in [-0.3, -0.25) is 4.79 Å². The number of carboxylic acid groups (broad SMARTS) is 1. The Balaban J connectivity index is 2.00. The maximum atomic E-state index is 11.9. The fourth-order valence-corrected chi connectivity index (χ4v) is 4.19. The van der Waals surface area contributed by atoms with Crippen LogP contribution in [0.2, 0.25) is 0 Å². The molecule has 2 rings (SSSR count). The normalized spacial score (nSPS) is 28.6. The molecule has 1 amide bonds. The summed E-state index contributed by atoms with van der Waals surface area (Å²) in [7, 11) is 0. The van der Waals surface area contributed by atoms with Crippen LogP contribution >= 0.6 is 0 Å². The lowest BCUT2D eigenvalue weighted by Crippen LogP contribution is -2.53. The summed E-state index contributed by atoms with van der Waals surface area (Å²) in [6.45, 7) is 8.01. The van der Waals surface area contributed by atoms with E-state index in [0.29, 0.717) is 12.5 Å². The van der Waals surface area contributed by atoms with Gasteiger partial charge in [0.25, 0.3) is 0 Å². The molecule has 5 nitrogen and oxygen atoms in total. The van der Waals surface area contributed by atoms with E-state index in [0.717, 1.165) is 19.3 Å². The molecule has 2 aliphatic carbocycles. The Hall–Kier alpha value is -1.52. The highest BCUT2D eigenvalue weighted by Crippen LogP contribution is 2.60. The van der Waals surface area contributed by atoms with Gasteiger partial charge in [-0.1, -0.05) is 25.0 Å². The van der Waals surface area contributed by atoms with Crippen molar-refractivity contribution in [1.82, 2.24) is 5.32 Å². The lowest BCUT2D eigenvalue weighted by molar-refractivity contribution is -0.144. The van der Waals surface area contributed by atoms with E-state index in [2.05, 4.69) is 18.3 Å². The summed E-state index contributed by atoms with van der Waals surface area (Å²) in [6.07, 6.45) is 7.37. The molecule has 0 aliphatic heterocycles. The van der Waals surface area contributed by atoms with Gasteiger partial charge in [0.15, 0.2) is 0 Å². The Morgan fingerprint density at radius 3 is 2.71 bits per heavy atom. The van der Waals surface area contributed by atoms with Crippen molar-refractivity contribution in [2.45, 2.75) is 71.8 Å². The van der Waals surface area contributed by atoms with Crippen molar-refractivity contribution in [3.05, 3.63) is 11.6 Å². The number of alkyl carbamates (subject to hydrolysis) is 1. The molecular formula is C19H31NO4. The highest BCUT2D eigenvalue weighted by molar-refractivity contribution is 5.70. The molecule has 3 atom stereocenters. The molecule has 0 aromatic heterocycles. The molecule has 0 heterocycles. The van der Waals surface area contributed by atoms with E-state index in [1.54, 1.807) is 0 Å². The standard InChI is InChI=1S/C19H31NO4/c1-5-6-7-13-8-14-10-19(11-16(21)22,15(14)9-13)12-20-17(23)24-18(2,3)4/h9,14-15H,5-8,10-12H2,1-4H3,(H,20,23)(H,21,22)/t14-,15-,19-/m0/s1. The zero-order valence-electron chi connectivity index (χ0n) is 15.4. The quantitative estimate of drug-likeness (QED) is 0.685. The van der Waals surface area contributed by atoms with Crippen LogP contribution in [0.5, 0.6) is 0 Å². The van der Waals surface area contributed by atoms with Crippen LogP contribution in [0, 0.1) is 17.3 Å². The van der Waals surface area contributed by atoms with Gasteiger partial charge in [-0.2, -0.15) is 0 Å². The Kier molecular flexibility index (Phi) is 5.61. The van der Waals surface area contributed by atoms with Crippen molar-refractivity contribution >= 4 is 12.1 Å². The Morgan fingerprint density at radius 2 is 2.12 bits per heavy atom. The van der Waals surface area contributed by atoms with Crippen molar-refractivity contribution in [1.29, 1.82) is 0 Å². The number of carboxylic acids is 1. The van der Waals surface area contributed by atoms with Crippen molar-refractivity contribution < 1.29 is 19.4 Å². The second-order valence-corrected chi connectivity index (χ2v) is 8.41. The number of hydrogen-bond donors (Lipinski definition) is 2. The summed E-state index contributed by atoms with van der Waals surface area (Å²) in [5.74, 6) is 0.0295. The summed E-state index contributed by atoms with van der Waals surface area (Å²) in [5.41, 5.74) is 0.560. The lowest BCUT2D eigenvalue weighted by atomic mass is 9.53. The summed E-state index contributed by atoms with van der Waals surface area (Å²) in [4.78, 5) is 23.3. The fourth-order valence-electron chi connectivity index (χ4n) is 4.19. The minimum Gasteiger partial charge on any atom is -0.481 e. The second kappa shape index (κ2) is 7.16. The third-order valence-electron chi connectivity index (χ3n) is 5.16. The Morgan fingerprint density at radius 1 is 1.42 bits per heavy atom. The first-order chi connectivity index (χ1) is 11.1. The van der Waals surface area contributed by atoms with Crippen LogP contribution in [-0.4, -0.2) is 29.3 Å². The first kappa shape index (κ1) is 18.8. The van der Waals surface area contributed by atoms with Gasteiger partial charge >= 0.3 is 12.1 Å². The molecule has 1 saturated carbocycles. The highest BCUT2D eigenvalue weighted by Gasteiger charge is 2.55. The lowest BCUT2D eigenvalue weighted by Gasteiger charge is -2.51. The van der Waals surface area contributed by atoms with Crippen molar-refractivity contribution in [3.8, 4) is 0 Å². The third kappa shape index (κ3) is 4.52. The van der Waals surface area contributed by atoms with E-state index in [1.807, 2.05) is 20.8 Å². The number of nitrogens with one attached hydrogen (secondary N) is 1. The predicted octanol–water partition coefficient (Wildman–Crippen LogP) is 4.13. The molecular weight excluding hydrogens is 306 g/mol. The molecule has 0 aromatic rings. The molecule has 5 heteroatoms. The van der Waals surface area contributed by atoms with Crippen molar-refractivity contribution in [2.24, 2.45) is 17.3 Å². The number of carbonyl (C=O) groups excluding carboxylic acids is 1. The highest BCUT2D eigenvalue weighted by atomic mass is 16.6. The van der Waals surface area contributed by atoms with Crippen molar-refractivity contribution in [2.75, 3.05) is 6.54 Å². The number of allylic oxidation sites excluding steroid dienone is 2. The van der Waals surface area contributed by atoms with Crippen molar-refractivity contribution in [3.63, 3.8) is 0 Å². The maximum absolute atomic E-state index is 11.9. The number of rotatable bonds is 7. The summed E-state index contributed by atoms with van der Waals surface area (Å²) < 4.78 is 5.28. The fraction of sp³-hybridized carbons (Fsp3) is 0.789. The van der Waals surface area contributed by atoms with Crippen LogP contribution in [0.15, 0.2) is 11.6 Å². The van der Waals surface area contributed by atoms with Crippen LogP contribution in [0.1, 0.15) is 66.2 Å². The first-order valence-electron chi connectivity index (χ1n) is 9.03. The Labute approximate surface area is 144 Å². The molecule has 136 valence electrons. The SMILES string of the molecule is CCCCC1=C[C@H]2[C@@H](C1)C[C@@]2(CNC(=O)OC(C)(C)C)CC(=O)O. The second-order valence-electron chi connectivity index (χ2n) is 8.41. The molecule has 1 fully saturated rings. The van der Waals surface area contributed by atoms with Gasteiger partial charge in [0.1, 0.15) is 5.60 Å². The van der Waals surface area contributed by atoms with E-state index < -0.39 is 17.7 Å². The van der Waals surface area contributed by atoms with Gasteiger partial charge in [-0.25, -0.2) is 4.79 Å². The number of ether oxygens (including phenoxy) is 1. The molecule has 0 radical (unpaired) electrons. The van der Waals surface area contributed by atoms with Gasteiger partial charge in [0, 0.05) is 12.0 Å². The maximum Gasteiger partial charge on any atom is 0.407 e.